The lowest BCUT2D eigenvalue weighted by molar-refractivity contribution is -0.137. The molecule has 2 aromatic carbocycles. The van der Waals surface area contributed by atoms with Gasteiger partial charge < -0.3 is 9.73 Å². The van der Waals surface area contributed by atoms with Gasteiger partial charge in [0.15, 0.2) is 10.9 Å². The van der Waals surface area contributed by atoms with Crippen LogP contribution in [0.15, 0.2) is 70.2 Å². The molecule has 0 aliphatic rings. The van der Waals surface area contributed by atoms with Crippen molar-refractivity contribution in [2.75, 3.05) is 5.32 Å². The van der Waals surface area contributed by atoms with Gasteiger partial charge in [0.25, 0.3) is 0 Å². The summed E-state index contributed by atoms with van der Waals surface area (Å²) in [5, 5.41) is 6.78. The summed E-state index contributed by atoms with van der Waals surface area (Å²) in [7, 11) is 0. The molecule has 3 aromatic rings. The van der Waals surface area contributed by atoms with Crippen LogP contribution in [0.4, 0.5) is 18.9 Å². The van der Waals surface area contributed by atoms with E-state index in [2.05, 4.69) is 15.8 Å². The number of anilines is 1. The molecule has 0 saturated heterocycles. The second kappa shape index (κ2) is 8.91. The highest BCUT2D eigenvalue weighted by molar-refractivity contribution is 7.80. The Labute approximate surface area is 175 Å². The molecule has 0 unspecified atom stereocenters. The van der Waals surface area contributed by atoms with Crippen molar-refractivity contribution >= 4 is 35.0 Å². The fraction of sp³-hybridized carbons (Fsp3) is 0.0952. The number of thiocarbonyl (C=S) groups is 1. The number of nitrogens with one attached hydrogen (secondary N) is 2. The monoisotopic (exact) mass is 431 g/mol. The number of Topliss-reactive ketones (excluding diaryl/α,β-unsaturated/α-hetero) is 1. The maximum Gasteiger partial charge on any atom is 0.416 e. The first kappa shape index (κ1) is 21.3. The molecule has 0 spiro atoms. The van der Waals surface area contributed by atoms with Crippen LogP contribution in [-0.2, 0) is 6.18 Å². The number of hydrazone groups is 1. The van der Waals surface area contributed by atoms with E-state index in [4.69, 9.17) is 16.6 Å². The Bertz CT molecular complexity index is 1070. The number of alkyl halides is 3. The highest BCUT2D eigenvalue weighted by atomic mass is 32.1. The normalized spacial score (nSPS) is 11.5. The number of halogens is 3. The molecule has 2 N–H and O–H groups in total. The van der Waals surface area contributed by atoms with E-state index < -0.39 is 11.7 Å². The van der Waals surface area contributed by atoms with Crippen LogP contribution >= 0.6 is 12.2 Å². The Kier molecular flexibility index (Phi) is 6.31. The number of hydrogen-bond donors (Lipinski definition) is 2. The van der Waals surface area contributed by atoms with Crippen LogP contribution in [0.25, 0.3) is 11.3 Å². The van der Waals surface area contributed by atoms with Crippen molar-refractivity contribution in [2.45, 2.75) is 13.1 Å². The second-order valence-corrected chi connectivity index (χ2v) is 6.64. The Hall–Kier alpha value is -3.46. The molecule has 0 saturated carbocycles. The van der Waals surface area contributed by atoms with Gasteiger partial charge in [-0.2, -0.15) is 18.3 Å². The highest BCUT2D eigenvalue weighted by Crippen LogP contribution is 2.29. The highest BCUT2D eigenvalue weighted by Gasteiger charge is 2.29. The van der Waals surface area contributed by atoms with Crippen LogP contribution in [0.3, 0.4) is 0 Å². The third-order valence-corrected chi connectivity index (χ3v) is 4.22. The zero-order valence-corrected chi connectivity index (χ0v) is 16.5. The molecule has 9 heteroatoms. The number of ketones is 1. The lowest BCUT2D eigenvalue weighted by atomic mass is 10.1. The summed E-state index contributed by atoms with van der Waals surface area (Å²) in [4.78, 5) is 11.3. The number of nitrogens with zero attached hydrogens (tertiary/aromatic N) is 1. The van der Waals surface area contributed by atoms with E-state index in [0.717, 1.165) is 17.7 Å². The molecule has 0 amide bonds. The zero-order chi connectivity index (χ0) is 21.7. The van der Waals surface area contributed by atoms with Crippen LogP contribution < -0.4 is 10.7 Å². The van der Waals surface area contributed by atoms with Crippen molar-refractivity contribution in [1.29, 1.82) is 0 Å². The van der Waals surface area contributed by atoms with Gasteiger partial charge in [-0.05, 0) is 55.5 Å². The Morgan fingerprint density at radius 2 is 1.70 bits per heavy atom. The quantitative estimate of drug-likeness (QED) is 0.242. The van der Waals surface area contributed by atoms with Gasteiger partial charge in [0.05, 0.1) is 11.8 Å². The molecule has 0 bridgehead atoms. The molecular weight excluding hydrogens is 415 g/mol. The Morgan fingerprint density at radius 1 is 1.03 bits per heavy atom. The van der Waals surface area contributed by atoms with Crippen molar-refractivity contribution in [3.05, 3.63) is 77.6 Å². The fourth-order valence-corrected chi connectivity index (χ4v) is 2.67. The van der Waals surface area contributed by atoms with E-state index in [0.29, 0.717) is 22.8 Å². The second-order valence-electron chi connectivity index (χ2n) is 6.23. The summed E-state index contributed by atoms with van der Waals surface area (Å²) in [6.07, 6.45) is -2.98. The van der Waals surface area contributed by atoms with E-state index in [1.54, 1.807) is 36.4 Å². The molecule has 0 atom stereocenters. The first-order chi connectivity index (χ1) is 14.2. The molecule has 1 heterocycles. The predicted octanol–water partition coefficient (Wildman–Crippen LogP) is 5.49. The molecule has 30 heavy (non-hydrogen) atoms. The molecule has 3 rings (SSSR count). The summed E-state index contributed by atoms with van der Waals surface area (Å²) >= 11 is 5.06. The van der Waals surface area contributed by atoms with Gasteiger partial charge in [-0.15, -0.1) is 0 Å². The lowest BCUT2D eigenvalue weighted by Crippen LogP contribution is -2.23. The van der Waals surface area contributed by atoms with E-state index in [9.17, 15) is 18.0 Å². The minimum atomic E-state index is -4.39. The average Bonchev–Trinajstić information content (AvgIpc) is 3.16. The van der Waals surface area contributed by atoms with Gasteiger partial charge in [0.1, 0.15) is 11.5 Å². The molecular formula is C21H16F3N3O2S. The van der Waals surface area contributed by atoms with Gasteiger partial charge in [-0.25, -0.2) is 0 Å². The molecule has 5 nitrogen and oxygen atoms in total. The van der Waals surface area contributed by atoms with Crippen molar-refractivity contribution in [1.82, 2.24) is 5.43 Å². The molecule has 0 fully saturated rings. The van der Waals surface area contributed by atoms with Gasteiger partial charge in [0, 0.05) is 16.8 Å². The molecule has 0 radical (unpaired) electrons. The lowest BCUT2D eigenvalue weighted by Gasteiger charge is -2.09. The summed E-state index contributed by atoms with van der Waals surface area (Å²) in [5.74, 6) is 1.06. The number of hydrogen-bond acceptors (Lipinski definition) is 4. The Balaban J connectivity index is 1.55. The molecule has 154 valence electrons. The third-order valence-electron chi connectivity index (χ3n) is 4.03. The number of carbonyl (C=O) groups is 1. The Morgan fingerprint density at radius 3 is 2.30 bits per heavy atom. The van der Waals surface area contributed by atoms with Crippen molar-refractivity contribution in [3.63, 3.8) is 0 Å². The largest absolute Gasteiger partial charge is 0.455 e. The van der Waals surface area contributed by atoms with Gasteiger partial charge in [-0.1, -0.05) is 24.3 Å². The minimum absolute atomic E-state index is 0.0132. The van der Waals surface area contributed by atoms with Crippen LogP contribution in [0.5, 0.6) is 0 Å². The van der Waals surface area contributed by atoms with Gasteiger partial charge in [-0.3, -0.25) is 10.2 Å². The summed E-state index contributed by atoms with van der Waals surface area (Å²) < 4.78 is 43.4. The van der Waals surface area contributed by atoms with Crippen molar-refractivity contribution < 1.29 is 22.4 Å². The molecule has 0 aliphatic carbocycles. The predicted molar refractivity (Wildman–Crippen MR) is 113 cm³/mol. The van der Waals surface area contributed by atoms with Crippen molar-refractivity contribution in [2.24, 2.45) is 5.10 Å². The minimum Gasteiger partial charge on any atom is -0.455 e. The van der Waals surface area contributed by atoms with Crippen molar-refractivity contribution in [3.8, 4) is 11.3 Å². The first-order valence-electron chi connectivity index (χ1n) is 8.71. The van der Waals surface area contributed by atoms with Crippen LogP contribution in [-0.4, -0.2) is 17.1 Å². The smallest absolute Gasteiger partial charge is 0.416 e. The topological polar surface area (TPSA) is 66.6 Å². The maximum atomic E-state index is 12.6. The van der Waals surface area contributed by atoms with E-state index in [-0.39, 0.29) is 10.9 Å². The van der Waals surface area contributed by atoms with E-state index in [1.807, 2.05) is 0 Å². The van der Waals surface area contributed by atoms with Crippen LogP contribution in [0, 0.1) is 0 Å². The number of furan rings is 1. The van der Waals surface area contributed by atoms with Crippen LogP contribution in [0.1, 0.15) is 28.6 Å². The SMILES string of the molecule is CC(=O)c1ccc(-c2ccc(/C=N/NC(=S)Nc3ccc(C(F)(F)F)cc3)o2)cc1. The van der Waals surface area contributed by atoms with E-state index >= 15 is 0 Å². The fourth-order valence-electron chi connectivity index (χ4n) is 2.50. The van der Waals surface area contributed by atoms with Gasteiger partial charge >= 0.3 is 6.18 Å². The van der Waals surface area contributed by atoms with E-state index in [1.165, 1.54) is 25.3 Å². The first-order valence-corrected chi connectivity index (χ1v) is 9.12. The number of carbonyl (C=O) groups excluding carboxylic acids is 1. The van der Waals surface area contributed by atoms with Gasteiger partial charge in [0.2, 0.25) is 0 Å². The zero-order valence-electron chi connectivity index (χ0n) is 15.7. The number of benzene rings is 2. The summed E-state index contributed by atoms with van der Waals surface area (Å²) in [5.41, 5.74) is 3.64. The standard InChI is InChI=1S/C21H16F3N3O2S/c1-13(28)14-2-4-15(5-3-14)19-11-10-18(29-19)12-25-27-20(30)26-17-8-6-16(7-9-17)21(22,23)24/h2-12H,1H3,(H2,26,27,30)/b25-12+. The summed E-state index contributed by atoms with van der Waals surface area (Å²) in [6.45, 7) is 1.50. The molecule has 1 aromatic heterocycles. The summed E-state index contributed by atoms with van der Waals surface area (Å²) in [6, 6.07) is 15.0. The maximum absolute atomic E-state index is 12.6. The number of rotatable bonds is 5. The van der Waals surface area contributed by atoms with Crippen LogP contribution in [0.2, 0.25) is 0 Å². The average molecular weight is 431 g/mol. The third kappa shape index (κ3) is 5.54. The molecule has 0 aliphatic heterocycles.